The number of hydrogen-bond donors (Lipinski definition) is 3. The molecule has 1 rings (SSSR count). The van der Waals surface area contributed by atoms with Gasteiger partial charge in [0.05, 0.1) is 12.0 Å². The van der Waals surface area contributed by atoms with Gasteiger partial charge in [0.25, 0.3) is 0 Å². The fourth-order valence-electron chi connectivity index (χ4n) is 1.96. The third kappa shape index (κ3) is 3.20. The van der Waals surface area contributed by atoms with Crippen molar-refractivity contribution in [2.75, 3.05) is 0 Å². The first kappa shape index (κ1) is 12.0. The Balaban J connectivity index is 2.57. The van der Waals surface area contributed by atoms with E-state index in [1.165, 1.54) is 0 Å². The fourth-order valence-corrected chi connectivity index (χ4v) is 1.96. The highest BCUT2D eigenvalue weighted by Gasteiger charge is 2.30. The number of nitrogens with two attached hydrogens (primary N) is 2. The average molecular weight is 213 g/mol. The molecule has 0 aromatic carbocycles. The zero-order valence-electron chi connectivity index (χ0n) is 9.03. The molecule has 0 spiro atoms. The van der Waals surface area contributed by atoms with Crippen molar-refractivity contribution in [1.29, 1.82) is 0 Å². The maximum Gasteiger partial charge on any atom is 0.236 e. The lowest BCUT2D eigenvalue weighted by molar-refractivity contribution is -0.126. The van der Waals surface area contributed by atoms with Gasteiger partial charge < -0.3 is 16.8 Å². The van der Waals surface area contributed by atoms with E-state index in [0.717, 1.165) is 25.7 Å². The Kier molecular flexibility index (Phi) is 4.08. The van der Waals surface area contributed by atoms with Crippen LogP contribution in [0.15, 0.2) is 0 Å². The molecule has 3 atom stereocenters. The minimum absolute atomic E-state index is 0.130. The summed E-state index contributed by atoms with van der Waals surface area (Å²) in [4.78, 5) is 22.5. The minimum atomic E-state index is -0.541. The Morgan fingerprint density at radius 1 is 1.33 bits per heavy atom. The molecule has 5 N–H and O–H groups in total. The zero-order chi connectivity index (χ0) is 11.4. The van der Waals surface area contributed by atoms with Crippen molar-refractivity contribution in [2.45, 2.75) is 44.7 Å². The van der Waals surface area contributed by atoms with E-state index in [-0.39, 0.29) is 23.8 Å². The van der Waals surface area contributed by atoms with Gasteiger partial charge in [0.15, 0.2) is 0 Å². The summed E-state index contributed by atoms with van der Waals surface area (Å²) < 4.78 is 0. The Morgan fingerprint density at radius 2 is 1.93 bits per heavy atom. The molecule has 0 aromatic rings. The van der Waals surface area contributed by atoms with Crippen molar-refractivity contribution in [3.8, 4) is 0 Å². The maximum atomic E-state index is 11.4. The largest absolute Gasteiger partial charge is 0.369 e. The summed E-state index contributed by atoms with van der Waals surface area (Å²) in [6, 6.07) is -0.671. The van der Waals surface area contributed by atoms with Crippen LogP contribution in [-0.4, -0.2) is 23.9 Å². The number of hydrogen-bond acceptors (Lipinski definition) is 3. The van der Waals surface area contributed by atoms with E-state index in [1.54, 1.807) is 6.92 Å². The van der Waals surface area contributed by atoms with Crippen LogP contribution < -0.4 is 16.8 Å². The van der Waals surface area contributed by atoms with Crippen LogP contribution in [0, 0.1) is 5.92 Å². The molecule has 0 aromatic heterocycles. The van der Waals surface area contributed by atoms with Crippen molar-refractivity contribution < 1.29 is 9.59 Å². The van der Waals surface area contributed by atoms with Gasteiger partial charge in [-0.05, 0) is 19.8 Å². The van der Waals surface area contributed by atoms with Crippen LogP contribution in [0.3, 0.4) is 0 Å². The van der Waals surface area contributed by atoms with Crippen molar-refractivity contribution in [3.63, 3.8) is 0 Å². The first-order chi connectivity index (χ1) is 7.02. The van der Waals surface area contributed by atoms with E-state index in [1.807, 2.05) is 0 Å². The number of amides is 2. The van der Waals surface area contributed by atoms with Crippen molar-refractivity contribution in [3.05, 3.63) is 0 Å². The molecule has 5 nitrogen and oxygen atoms in total. The summed E-state index contributed by atoms with van der Waals surface area (Å²) in [7, 11) is 0. The van der Waals surface area contributed by atoms with Crippen LogP contribution >= 0.6 is 0 Å². The number of primary amides is 1. The Morgan fingerprint density at radius 3 is 2.47 bits per heavy atom. The zero-order valence-corrected chi connectivity index (χ0v) is 9.03. The van der Waals surface area contributed by atoms with Gasteiger partial charge in [-0.2, -0.15) is 0 Å². The normalized spacial score (nSPS) is 28.1. The highest BCUT2D eigenvalue weighted by molar-refractivity contribution is 5.83. The highest BCUT2D eigenvalue weighted by Crippen LogP contribution is 2.24. The molecule has 86 valence electrons. The lowest BCUT2D eigenvalue weighted by Crippen LogP contribution is -2.50. The molecule has 1 aliphatic rings. The van der Waals surface area contributed by atoms with Crippen LogP contribution in [0.25, 0.3) is 0 Å². The lowest BCUT2D eigenvalue weighted by atomic mass is 9.84. The fraction of sp³-hybridized carbons (Fsp3) is 0.800. The molecule has 1 aliphatic carbocycles. The van der Waals surface area contributed by atoms with Gasteiger partial charge in [0.2, 0.25) is 11.8 Å². The molecular formula is C10H19N3O2. The van der Waals surface area contributed by atoms with Crippen molar-refractivity contribution >= 4 is 11.8 Å². The summed E-state index contributed by atoms with van der Waals surface area (Å²) in [6.07, 6.45) is 3.59. The van der Waals surface area contributed by atoms with Crippen LogP contribution in [0.1, 0.15) is 32.6 Å². The molecule has 0 radical (unpaired) electrons. The summed E-state index contributed by atoms with van der Waals surface area (Å²) in [5.41, 5.74) is 10.7. The monoisotopic (exact) mass is 213 g/mol. The lowest BCUT2D eigenvalue weighted by Gasteiger charge is -2.30. The van der Waals surface area contributed by atoms with E-state index < -0.39 is 6.04 Å². The van der Waals surface area contributed by atoms with Gasteiger partial charge >= 0.3 is 0 Å². The number of carbonyl (C=O) groups is 2. The van der Waals surface area contributed by atoms with Crippen molar-refractivity contribution in [2.24, 2.45) is 17.4 Å². The second-order valence-corrected chi connectivity index (χ2v) is 4.20. The highest BCUT2D eigenvalue weighted by atomic mass is 16.2. The van der Waals surface area contributed by atoms with Crippen LogP contribution in [0.2, 0.25) is 0 Å². The topological polar surface area (TPSA) is 98.2 Å². The first-order valence-electron chi connectivity index (χ1n) is 5.37. The van der Waals surface area contributed by atoms with Gasteiger partial charge in [0.1, 0.15) is 0 Å². The molecule has 0 aliphatic heterocycles. The van der Waals surface area contributed by atoms with Gasteiger partial charge in [0, 0.05) is 6.04 Å². The Hall–Kier alpha value is -1.10. The van der Waals surface area contributed by atoms with E-state index in [9.17, 15) is 9.59 Å². The third-order valence-electron chi connectivity index (χ3n) is 2.87. The predicted octanol–water partition coefficient (Wildman–Crippen LogP) is -0.506. The van der Waals surface area contributed by atoms with Crippen LogP contribution in [-0.2, 0) is 9.59 Å². The van der Waals surface area contributed by atoms with Gasteiger partial charge in [-0.3, -0.25) is 9.59 Å². The van der Waals surface area contributed by atoms with Crippen LogP contribution in [0.5, 0.6) is 0 Å². The van der Waals surface area contributed by atoms with E-state index >= 15 is 0 Å². The minimum Gasteiger partial charge on any atom is -0.369 e. The molecule has 2 amide bonds. The van der Waals surface area contributed by atoms with E-state index in [0.29, 0.717) is 0 Å². The SMILES string of the molecule is CC(N)C(=O)NC1CCCCC1C(N)=O. The van der Waals surface area contributed by atoms with E-state index in [2.05, 4.69) is 5.32 Å². The molecule has 3 unspecified atom stereocenters. The summed E-state index contributed by atoms with van der Waals surface area (Å²) in [6.45, 7) is 1.62. The van der Waals surface area contributed by atoms with Gasteiger partial charge in [-0.25, -0.2) is 0 Å². The molecule has 0 heterocycles. The molecule has 1 saturated carbocycles. The second kappa shape index (κ2) is 5.11. The predicted molar refractivity (Wildman–Crippen MR) is 56.7 cm³/mol. The Labute approximate surface area is 89.6 Å². The third-order valence-corrected chi connectivity index (χ3v) is 2.87. The summed E-state index contributed by atoms with van der Waals surface area (Å²) in [5.74, 6) is -0.778. The molecule has 1 fully saturated rings. The molecule has 0 saturated heterocycles. The first-order valence-corrected chi connectivity index (χ1v) is 5.37. The standard InChI is InChI=1S/C10H19N3O2/c1-6(11)10(15)13-8-5-3-2-4-7(8)9(12)14/h6-8H,2-5,11H2,1H3,(H2,12,14)(H,13,15). The maximum absolute atomic E-state index is 11.4. The summed E-state index contributed by atoms with van der Waals surface area (Å²) >= 11 is 0. The second-order valence-electron chi connectivity index (χ2n) is 4.20. The molecular weight excluding hydrogens is 194 g/mol. The molecule has 0 bridgehead atoms. The molecule has 5 heteroatoms. The number of nitrogens with one attached hydrogen (secondary N) is 1. The number of rotatable bonds is 3. The Bertz CT molecular complexity index is 253. The number of carbonyl (C=O) groups excluding carboxylic acids is 2. The summed E-state index contributed by atoms with van der Waals surface area (Å²) in [5, 5.41) is 2.78. The quantitative estimate of drug-likeness (QED) is 0.589. The van der Waals surface area contributed by atoms with Gasteiger partial charge in [-0.15, -0.1) is 0 Å². The van der Waals surface area contributed by atoms with Crippen molar-refractivity contribution in [1.82, 2.24) is 5.32 Å². The average Bonchev–Trinajstić information content (AvgIpc) is 2.18. The smallest absolute Gasteiger partial charge is 0.236 e. The van der Waals surface area contributed by atoms with Crippen LogP contribution in [0.4, 0.5) is 0 Å². The van der Waals surface area contributed by atoms with Gasteiger partial charge in [-0.1, -0.05) is 12.8 Å². The van der Waals surface area contributed by atoms with E-state index in [4.69, 9.17) is 11.5 Å². The molecule has 15 heavy (non-hydrogen) atoms.